The molecule has 0 unspecified atom stereocenters. The number of benzene rings is 1. The molecule has 0 spiro atoms. The summed E-state index contributed by atoms with van der Waals surface area (Å²) in [5.74, 6) is 0.700. The maximum Gasteiger partial charge on any atom is 0.0561 e. The molecule has 2 nitrogen and oxygen atoms in total. The first kappa shape index (κ1) is 9.25. The SMILES string of the molecule is C(=N\Nc1ccccc1)/C1CCCC1. The van der Waals surface area contributed by atoms with Crippen molar-refractivity contribution in [3.05, 3.63) is 30.3 Å². The van der Waals surface area contributed by atoms with Gasteiger partial charge in [0, 0.05) is 6.21 Å². The highest BCUT2D eigenvalue weighted by Crippen LogP contribution is 2.22. The quantitative estimate of drug-likeness (QED) is 0.571. The van der Waals surface area contributed by atoms with Gasteiger partial charge in [0.2, 0.25) is 0 Å². The molecule has 74 valence electrons. The summed E-state index contributed by atoms with van der Waals surface area (Å²) in [5.41, 5.74) is 4.10. The number of hydrogen-bond donors (Lipinski definition) is 1. The first-order valence-corrected chi connectivity index (χ1v) is 5.29. The van der Waals surface area contributed by atoms with Crippen LogP contribution in [-0.2, 0) is 0 Å². The van der Waals surface area contributed by atoms with Crippen molar-refractivity contribution in [1.29, 1.82) is 0 Å². The first-order chi connectivity index (χ1) is 6.95. The molecule has 2 rings (SSSR count). The molecule has 0 aromatic heterocycles. The molecule has 1 N–H and O–H groups in total. The Morgan fingerprint density at radius 3 is 2.57 bits per heavy atom. The Balaban J connectivity index is 1.81. The van der Waals surface area contributed by atoms with Crippen LogP contribution >= 0.6 is 0 Å². The highest BCUT2D eigenvalue weighted by Gasteiger charge is 2.11. The molecule has 1 aliphatic carbocycles. The average molecular weight is 188 g/mol. The molecule has 0 atom stereocenters. The van der Waals surface area contributed by atoms with Crippen molar-refractivity contribution in [1.82, 2.24) is 0 Å². The summed E-state index contributed by atoms with van der Waals surface area (Å²) in [7, 11) is 0. The molecule has 1 aromatic carbocycles. The Kier molecular flexibility index (Phi) is 3.17. The zero-order valence-corrected chi connectivity index (χ0v) is 8.32. The van der Waals surface area contributed by atoms with Gasteiger partial charge in [-0.1, -0.05) is 31.0 Å². The minimum absolute atomic E-state index is 0.700. The zero-order valence-electron chi connectivity index (χ0n) is 8.32. The van der Waals surface area contributed by atoms with Gasteiger partial charge in [-0.3, -0.25) is 5.43 Å². The zero-order chi connectivity index (χ0) is 9.64. The molecule has 2 heteroatoms. The lowest BCUT2D eigenvalue weighted by atomic mass is 10.1. The summed E-state index contributed by atoms with van der Waals surface area (Å²) in [5, 5.41) is 4.25. The van der Waals surface area contributed by atoms with Crippen molar-refractivity contribution in [2.75, 3.05) is 5.43 Å². The van der Waals surface area contributed by atoms with Crippen LogP contribution in [0.1, 0.15) is 25.7 Å². The predicted octanol–water partition coefficient (Wildman–Crippen LogP) is 3.27. The van der Waals surface area contributed by atoms with Crippen LogP contribution in [0.2, 0.25) is 0 Å². The maximum atomic E-state index is 4.25. The second kappa shape index (κ2) is 4.80. The molecular formula is C12H16N2. The van der Waals surface area contributed by atoms with Gasteiger partial charge in [0.25, 0.3) is 0 Å². The predicted molar refractivity (Wildman–Crippen MR) is 60.5 cm³/mol. The summed E-state index contributed by atoms with van der Waals surface area (Å²) >= 11 is 0. The number of nitrogens with one attached hydrogen (secondary N) is 1. The van der Waals surface area contributed by atoms with E-state index in [4.69, 9.17) is 0 Å². The van der Waals surface area contributed by atoms with E-state index in [0.29, 0.717) is 5.92 Å². The van der Waals surface area contributed by atoms with Gasteiger partial charge in [0.1, 0.15) is 0 Å². The van der Waals surface area contributed by atoms with Gasteiger partial charge in [0.15, 0.2) is 0 Å². The van der Waals surface area contributed by atoms with Gasteiger partial charge in [0.05, 0.1) is 5.69 Å². The second-order valence-electron chi connectivity index (χ2n) is 3.80. The number of hydrogen-bond acceptors (Lipinski definition) is 2. The molecule has 1 aromatic rings. The van der Waals surface area contributed by atoms with Gasteiger partial charge in [-0.2, -0.15) is 5.10 Å². The van der Waals surface area contributed by atoms with Gasteiger partial charge in [-0.25, -0.2) is 0 Å². The summed E-state index contributed by atoms with van der Waals surface area (Å²) < 4.78 is 0. The van der Waals surface area contributed by atoms with E-state index in [0.717, 1.165) is 5.69 Å². The third-order valence-corrected chi connectivity index (χ3v) is 2.65. The smallest absolute Gasteiger partial charge is 0.0561 e. The van der Waals surface area contributed by atoms with E-state index in [2.05, 4.69) is 16.7 Å². The molecule has 1 fully saturated rings. The highest BCUT2D eigenvalue weighted by molar-refractivity contribution is 5.62. The molecular weight excluding hydrogens is 172 g/mol. The lowest BCUT2D eigenvalue weighted by molar-refractivity contribution is 0.743. The van der Waals surface area contributed by atoms with Crippen LogP contribution in [-0.4, -0.2) is 6.21 Å². The monoisotopic (exact) mass is 188 g/mol. The molecule has 0 bridgehead atoms. The van der Waals surface area contributed by atoms with E-state index < -0.39 is 0 Å². The third kappa shape index (κ3) is 2.59. The lowest BCUT2D eigenvalue weighted by Gasteiger charge is -2.01. The number of para-hydroxylation sites is 1. The van der Waals surface area contributed by atoms with Crippen LogP contribution in [0.5, 0.6) is 0 Å². The number of nitrogens with zero attached hydrogens (tertiary/aromatic N) is 1. The molecule has 0 aliphatic heterocycles. The third-order valence-electron chi connectivity index (χ3n) is 2.65. The standard InChI is InChI=1S/C12H16N2/c1-2-8-12(9-3-1)14-13-10-11-6-4-5-7-11/h1-3,8-11,14H,4-7H2/b13-10+. The normalized spacial score (nSPS) is 17.7. The first-order valence-electron chi connectivity index (χ1n) is 5.29. The van der Waals surface area contributed by atoms with Gasteiger partial charge in [-0.15, -0.1) is 0 Å². The molecule has 1 aliphatic rings. The fourth-order valence-electron chi connectivity index (χ4n) is 1.84. The molecule has 0 radical (unpaired) electrons. The molecule has 0 saturated heterocycles. The highest BCUT2D eigenvalue weighted by atomic mass is 15.3. The number of rotatable bonds is 3. The summed E-state index contributed by atoms with van der Waals surface area (Å²) in [6, 6.07) is 10.1. The van der Waals surface area contributed by atoms with E-state index in [1.54, 1.807) is 0 Å². The summed E-state index contributed by atoms with van der Waals surface area (Å²) in [6.45, 7) is 0. The Hall–Kier alpha value is -1.31. The Bertz CT molecular complexity index is 286. The van der Waals surface area contributed by atoms with Crippen LogP contribution < -0.4 is 5.43 Å². The fraction of sp³-hybridized carbons (Fsp3) is 0.417. The lowest BCUT2D eigenvalue weighted by Crippen LogP contribution is -1.97. The fourth-order valence-corrected chi connectivity index (χ4v) is 1.84. The van der Waals surface area contributed by atoms with Gasteiger partial charge < -0.3 is 0 Å². The number of hydrazone groups is 1. The van der Waals surface area contributed by atoms with E-state index in [1.807, 2.05) is 30.3 Å². The van der Waals surface area contributed by atoms with Crippen LogP contribution in [0.4, 0.5) is 5.69 Å². The molecule has 1 saturated carbocycles. The minimum Gasteiger partial charge on any atom is -0.279 e. The second-order valence-corrected chi connectivity index (χ2v) is 3.80. The van der Waals surface area contributed by atoms with E-state index in [-0.39, 0.29) is 0 Å². The molecule has 0 heterocycles. The topological polar surface area (TPSA) is 24.4 Å². The van der Waals surface area contributed by atoms with E-state index in [1.165, 1.54) is 25.7 Å². The van der Waals surface area contributed by atoms with Gasteiger partial charge >= 0.3 is 0 Å². The van der Waals surface area contributed by atoms with Crippen molar-refractivity contribution < 1.29 is 0 Å². The van der Waals surface area contributed by atoms with Gasteiger partial charge in [-0.05, 0) is 30.9 Å². The van der Waals surface area contributed by atoms with Crippen LogP contribution in [0.15, 0.2) is 35.4 Å². The summed E-state index contributed by atoms with van der Waals surface area (Å²) in [6.07, 6.45) is 7.39. The van der Waals surface area contributed by atoms with E-state index >= 15 is 0 Å². The van der Waals surface area contributed by atoms with Crippen molar-refractivity contribution in [2.24, 2.45) is 11.0 Å². The molecule has 14 heavy (non-hydrogen) atoms. The van der Waals surface area contributed by atoms with Crippen molar-refractivity contribution >= 4 is 11.9 Å². The van der Waals surface area contributed by atoms with E-state index in [9.17, 15) is 0 Å². The Labute approximate surface area is 85.0 Å². The van der Waals surface area contributed by atoms with Crippen molar-refractivity contribution in [2.45, 2.75) is 25.7 Å². The average Bonchev–Trinajstić information content (AvgIpc) is 2.72. The van der Waals surface area contributed by atoms with Crippen LogP contribution in [0.3, 0.4) is 0 Å². The maximum absolute atomic E-state index is 4.25. The Morgan fingerprint density at radius 1 is 1.14 bits per heavy atom. The minimum atomic E-state index is 0.700. The van der Waals surface area contributed by atoms with Crippen LogP contribution in [0.25, 0.3) is 0 Å². The largest absolute Gasteiger partial charge is 0.279 e. The Morgan fingerprint density at radius 2 is 1.86 bits per heavy atom. The molecule has 0 amide bonds. The number of anilines is 1. The summed E-state index contributed by atoms with van der Waals surface area (Å²) in [4.78, 5) is 0. The van der Waals surface area contributed by atoms with Crippen LogP contribution in [0, 0.1) is 5.92 Å². The van der Waals surface area contributed by atoms with Crippen molar-refractivity contribution in [3.63, 3.8) is 0 Å². The van der Waals surface area contributed by atoms with Crippen molar-refractivity contribution in [3.8, 4) is 0 Å².